The highest BCUT2D eigenvalue weighted by Crippen LogP contribution is 2.30. The Morgan fingerprint density at radius 3 is 1.94 bits per heavy atom. The fourth-order valence-corrected chi connectivity index (χ4v) is 9.19. The second-order valence-electron chi connectivity index (χ2n) is 12.8. The van der Waals surface area contributed by atoms with Gasteiger partial charge in [0, 0.05) is 86.4 Å². The number of piperazine rings is 1. The molecule has 0 unspecified atom stereocenters. The highest BCUT2D eigenvalue weighted by atomic mass is 32.2. The van der Waals surface area contributed by atoms with Crippen LogP contribution in [0.2, 0.25) is 0 Å². The predicted octanol–water partition coefficient (Wildman–Crippen LogP) is 4.02. The van der Waals surface area contributed by atoms with Crippen LogP contribution in [0, 0.1) is 0 Å². The summed E-state index contributed by atoms with van der Waals surface area (Å²) >= 11 is 0. The number of fused-ring (bicyclic) bond motifs is 2. The van der Waals surface area contributed by atoms with Crippen LogP contribution >= 0.6 is 0 Å². The van der Waals surface area contributed by atoms with Crippen LogP contribution in [0.15, 0.2) is 101 Å². The molecule has 13 nitrogen and oxygen atoms in total. The molecule has 15 heteroatoms. The molecule has 0 radical (unpaired) electrons. The lowest BCUT2D eigenvalue weighted by atomic mass is 9.98. The van der Waals surface area contributed by atoms with Crippen LogP contribution in [-0.2, 0) is 31.4 Å². The van der Waals surface area contributed by atoms with E-state index in [0.29, 0.717) is 31.7 Å². The number of aromatic nitrogens is 2. The van der Waals surface area contributed by atoms with Gasteiger partial charge in [-0.3, -0.25) is 14.4 Å². The Morgan fingerprint density at radius 1 is 0.774 bits per heavy atom. The van der Waals surface area contributed by atoms with Gasteiger partial charge in [0.15, 0.2) is 16.6 Å². The summed E-state index contributed by atoms with van der Waals surface area (Å²) in [6.45, 7) is 1.81. The first-order valence-electron chi connectivity index (χ1n) is 16.9. The van der Waals surface area contributed by atoms with Gasteiger partial charge in [0.1, 0.15) is 11.8 Å². The van der Waals surface area contributed by atoms with Crippen molar-refractivity contribution in [1.82, 2.24) is 19.2 Å². The summed E-state index contributed by atoms with van der Waals surface area (Å²) in [6, 6.07) is 17.5. The van der Waals surface area contributed by atoms with Gasteiger partial charge < -0.3 is 14.0 Å². The van der Waals surface area contributed by atoms with Crippen molar-refractivity contribution in [2.24, 2.45) is 0 Å². The number of amides is 1. The molecule has 0 N–H and O–H groups in total. The Hall–Kier alpha value is -5.51. The third-order valence-electron chi connectivity index (χ3n) is 9.54. The normalized spacial score (nSPS) is 16.3. The quantitative estimate of drug-likeness (QED) is 0.215. The molecule has 1 saturated heterocycles. The molecule has 3 aliphatic rings. The summed E-state index contributed by atoms with van der Waals surface area (Å²) in [5.74, 6) is -0.916. The van der Waals surface area contributed by atoms with Crippen LogP contribution < -0.4 is 9.08 Å². The topological polar surface area (TPSA) is 164 Å². The number of carbonyl (C=O) groups excluding carboxylic acids is 3. The molecule has 2 aromatic heterocycles. The van der Waals surface area contributed by atoms with E-state index in [0.717, 1.165) is 9.99 Å². The molecule has 1 aliphatic heterocycles. The molecule has 0 bridgehead atoms. The highest BCUT2D eigenvalue weighted by Gasteiger charge is 2.39. The number of rotatable bonds is 10. The molecule has 2 aromatic carbocycles. The van der Waals surface area contributed by atoms with Crippen LogP contribution in [-0.4, -0.2) is 92.8 Å². The molecule has 0 saturated carbocycles. The number of likely N-dealkylation sites (N-methyl/N-ethyl adjacent to an activating group) is 1. The summed E-state index contributed by atoms with van der Waals surface area (Å²) in [6.07, 6.45) is 9.00. The number of Topliss-reactive ketones (excluding diaryl/α,β-unsaturated/α-hetero) is 2. The zero-order valence-electron chi connectivity index (χ0n) is 28.7. The van der Waals surface area contributed by atoms with Gasteiger partial charge in [0.25, 0.3) is 10.0 Å². The number of ketones is 2. The monoisotopic (exact) mass is 753 g/mol. The van der Waals surface area contributed by atoms with Gasteiger partial charge in [-0.25, -0.2) is 18.4 Å². The number of anilines is 1. The lowest BCUT2D eigenvalue weighted by Gasteiger charge is -2.39. The van der Waals surface area contributed by atoms with E-state index in [9.17, 15) is 31.2 Å². The lowest BCUT2D eigenvalue weighted by Crippen LogP contribution is -2.56. The average Bonchev–Trinajstić information content (AvgIpc) is 3.17. The fourth-order valence-electron chi connectivity index (χ4n) is 6.69. The second-order valence-corrected chi connectivity index (χ2v) is 16.2. The third-order valence-corrected chi connectivity index (χ3v) is 12.6. The minimum absolute atomic E-state index is 0.0447. The summed E-state index contributed by atoms with van der Waals surface area (Å²) < 4.78 is 61.5. The zero-order chi connectivity index (χ0) is 37.3. The maximum absolute atomic E-state index is 14.3. The molecular weight excluding hydrogens is 719 g/mol. The molecule has 2 aliphatic carbocycles. The van der Waals surface area contributed by atoms with Crippen molar-refractivity contribution in [1.29, 1.82) is 0 Å². The highest BCUT2D eigenvalue weighted by molar-refractivity contribution is 7.89. The first-order valence-corrected chi connectivity index (χ1v) is 19.8. The van der Waals surface area contributed by atoms with Gasteiger partial charge in [-0.1, -0.05) is 54.6 Å². The maximum atomic E-state index is 14.3. The fraction of sp³-hybridized carbons (Fsp3) is 0.237. The van der Waals surface area contributed by atoms with Crippen molar-refractivity contribution in [3.63, 3.8) is 0 Å². The van der Waals surface area contributed by atoms with Gasteiger partial charge in [0.2, 0.25) is 10.9 Å². The largest absolute Gasteiger partial charge is 0.378 e. The van der Waals surface area contributed by atoms with E-state index in [1.165, 1.54) is 49.8 Å². The van der Waals surface area contributed by atoms with Gasteiger partial charge >= 0.3 is 10.1 Å². The van der Waals surface area contributed by atoms with Crippen LogP contribution in [0.3, 0.4) is 0 Å². The lowest BCUT2D eigenvalue weighted by molar-refractivity contribution is -0.135. The van der Waals surface area contributed by atoms with E-state index in [-0.39, 0.29) is 68.9 Å². The van der Waals surface area contributed by atoms with Crippen molar-refractivity contribution in [3.8, 4) is 5.75 Å². The maximum Gasteiger partial charge on any atom is 0.357 e. The van der Waals surface area contributed by atoms with E-state index in [1.54, 1.807) is 35.3 Å². The summed E-state index contributed by atoms with van der Waals surface area (Å²) in [4.78, 5) is 51.2. The van der Waals surface area contributed by atoms with Crippen molar-refractivity contribution in [2.75, 3.05) is 38.1 Å². The number of hydrogen-bond acceptors (Lipinski definition) is 11. The Bertz CT molecular complexity index is 2370. The molecule has 1 atom stereocenters. The van der Waals surface area contributed by atoms with Crippen molar-refractivity contribution >= 4 is 55.5 Å². The standard InChI is InChI=1S/C38H35N5O8S2/c1-41(52(47,48)36-31-9-5-11-34(44)29(31)17-19-39-36)33(38(46)43-23-21-42(22-24-43)27-7-3-2-4-8-27)25-26-13-15-28(16-14-26)51-53(49,50)37-32-10-6-12-35(45)30(32)18-20-40-37/h2-10,13-20,33H,11-12,21-25H2,1H3/t33-/m0/s1. The zero-order valence-corrected chi connectivity index (χ0v) is 30.3. The number of hydrogen-bond donors (Lipinski definition) is 0. The van der Waals surface area contributed by atoms with Crippen LogP contribution in [0.25, 0.3) is 12.2 Å². The molecule has 4 aromatic rings. The summed E-state index contributed by atoms with van der Waals surface area (Å²) in [5.41, 5.74) is 2.37. The second kappa shape index (κ2) is 14.5. The molecule has 3 heterocycles. The number of sulfonamides is 1. The number of para-hydroxylation sites is 1. The number of carbonyl (C=O) groups is 3. The van der Waals surface area contributed by atoms with E-state index in [4.69, 9.17) is 4.18 Å². The summed E-state index contributed by atoms with van der Waals surface area (Å²) in [5, 5.41) is -0.711. The van der Waals surface area contributed by atoms with E-state index < -0.39 is 32.1 Å². The van der Waals surface area contributed by atoms with Crippen LogP contribution in [0.4, 0.5) is 5.69 Å². The Labute approximate surface area is 307 Å². The van der Waals surface area contributed by atoms with Gasteiger partial charge in [-0.05, 0) is 48.4 Å². The SMILES string of the molecule is CN([C@@H](Cc1ccc(OS(=O)(=O)c2nccc3c2C=CCC3=O)cc1)C(=O)N1CCN(c2ccccc2)CC1)S(=O)(=O)c1nccc2c1C=CCC2=O. The molecule has 1 fully saturated rings. The van der Waals surface area contributed by atoms with Gasteiger partial charge in [0.05, 0.1) is 0 Å². The Balaban J connectivity index is 1.15. The molecular formula is C38H35N5O8S2. The molecule has 1 amide bonds. The van der Waals surface area contributed by atoms with Gasteiger partial charge in [-0.2, -0.15) is 12.7 Å². The Morgan fingerprint density at radius 2 is 1.34 bits per heavy atom. The average molecular weight is 754 g/mol. The first kappa shape index (κ1) is 35.9. The summed E-state index contributed by atoms with van der Waals surface area (Å²) in [7, 11) is -7.54. The van der Waals surface area contributed by atoms with Crippen molar-refractivity contribution in [3.05, 3.63) is 119 Å². The Kier molecular flexibility index (Phi) is 9.81. The number of nitrogens with zero attached hydrogens (tertiary/aromatic N) is 5. The molecule has 53 heavy (non-hydrogen) atoms. The van der Waals surface area contributed by atoms with Crippen LogP contribution in [0.5, 0.6) is 5.75 Å². The van der Waals surface area contributed by atoms with Crippen molar-refractivity contribution < 1.29 is 35.4 Å². The number of benzene rings is 2. The smallest absolute Gasteiger partial charge is 0.357 e. The van der Waals surface area contributed by atoms with E-state index in [1.807, 2.05) is 30.3 Å². The van der Waals surface area contributed by atoms with Crippen LogP contribution in [0.1, 0.15) is 50.2 Å². The molecule has 0 spiro atoms. The van der Waals surface area contributed by atoms with Gasteiger partial charge in [-0.15, -0.1) is 0 Å². The first-order chi connectivity index (χ1) is 25.4. The van der Waals surface area contributed by atoms with E-state index in [2.05, 4.69) is 14.9 Å². The molecule has 7 rings (SSSR count). The number of allylic oxidation sites excluding steroid dienone is 2. The third kappa shape index (κ3) is 7.14. The number of pyridine rings is 2. The predicted molar refractivity (Wildman–Crippen MR) is 196 cm³/mol. The minimum Gasteiger partial charge on any atom is -0.378 e. The van der Waals surface area contributed by atoms with E-state index >= 15 is 0 Å². The molecule has 272 valence electrons. The van der Waals surface area contributed by atoms with Crippen molar-refractivity contribution in [2.45, 2.75) is 35.4 Å². The minimum atomic E-state index is -4.45.